The van der Waals surface area contributed by atoms with E-state index in [0.717, 1.165) is 16.7 Å². The largest absolute Gasteiger partial charge is 0.493 e. The van der Waals surface area contributed by atoms with Crippen molar-refractivity contribution in [1.29, 1.82) is 0 Å². The highest BCUT2D eigenvalue weighted by molar-refractivity contribution is 6.12. The Labute approximate surface area is 185 Å². The molecule has 0 radical (unpaired) electrons. The van der Waals surface area contributed by atoms with Crippen molar-refractivity contribution in [3.8, 4) is 11.5 Å². The average Bonchev–Trinajstić information content (AvgIpc) is 3.15. The van der Waals surface area contributed by atoms with Crippen molar-refractivity contribution in [2.75, 3.05) is 7.11 Å². The van der Waals surface area contributed by atoms with Gasteiger partial charge in [-0.15, -0.1) is 0 Å². The van der Waals surface area contributed by atoms with Crippen LogP contribution < -0.4 is 9.47 Å². The first-order valence-electron chi connectivity index (χ1n) is 9.99. The predicted octanol–water partition coefficient (Wildman–Crippen LogP) is 4.88. The molecule has 160 valence electrons. The van der Waals surface area contributed by atoms with Crippen LogP contribution in [0.1, 0.15) is 32.6 Å². The maximum atomic E-state index is 12.4. The minimum Gasteiger partial charge on any atom is -0.493 e. The SMILES string of the molecule is COc1cc(/C=C2\N=C(c3cccc(C)c3)OC2=O)ccc1OC(=O)c1ccc(C)cc1. The molecule has 0 saturated carbocycles. The van der Waals surface area contributed by atoms with E-state index in [4.69, 9.17) is 14.2 Å². The summed E-state index contributed by atoms with van der Waals surface area (Å²) < 4.78 is 16.2. The van der Waals surface area contributed by atoms with Gasteiger partial charge in [-0.1, -0.05) is 41.5 Å². The summed E-state index contributed by atoms with van der Waals surface area (Å²) in [6.07, 6.45) is 1.60. The number of carbonyl (C=O) groups excluding carboxylic acids is 2. The minimum atomic E-state index is -0.532. The molecule has 0 aromatic heterocycles. The normalized spacial score (nSPS) is 14.2. The van der Waals surface area contributed by atoms with Gasteiger partial charge >= 0.3 is 11.9 Å². The molecule has 3 aromatic carbocycles. The standard InChI is InChI=1S/C26H21NO5/c1-16-7-10-19(11-8-16)25(28)31-22-12-9-18(15-23(22)30-3)14-21-26(29)32-24(27-21)20-6-4-5-17(2)13-20/h4-15H,1-3H3/b21-14-. The van der Waals surface area contributed by atoms with Crippen LogP contribution in [0.3, 0.4) is 0 Å². The van der Waals surface area contributed by atoms with Crippen LogP contribution in [0.2, 0.25) is 0 Å². The van der Waals surface area contributed by atoms with Crippen molar-refractivity contribution >= 4 is 23.9 Å². The second-order valence-corrected chi connectivity index (χ2v) is 7.37. The fraction of sp³-hybridized carbons (Fsp3) is 0.115. The molecule has 0 amide bonds. The Balaban J connectivity index is 1.57. The number of esters is 2. The molecule has 1 aliphatic rings. The summed E-state index contributed by atoms with van der Waals surface area (Å²) in [5.74, 6) is -0.121. The highest BCUT2D eigenvalue weighted by Gasteiger charge is 2.24. The van der Waals surface area contributed by atoms with E-state index >= 15 is 0 Å². The Morgan fingerprint density at radius 1 is 0.938 bits per heavy atom. The van der Waals surface area contributed by atoms with Crippen LogP contribution in [0.4, 0.5) is 0 Å². The molecule has 1 heterocycles. The summed E-state index contributed by atoms with van der Waals surface area (Å²) in [6.45, 7) is 3.90. The van der Waals surface area contributed by atoms with Crippen LogP contribution in [0.25, 0.3) is 6.08 Å². The van der Waals surface area contributed by atoms with Gasteiger partial charge in [0, 0.05) is 5.56 Å². The third kappa shape index (κ3) is 4.59. The van der Waals surface area contributed by atoms with Crippen molar-refractivity contribution in [3.63, 3.8) is 0 Å². The quantitative estimate of drug-likeness (QED) is 0.330. The van der Waals surface area contributed by atoms with Gasteiger partial charge in [-0.3, -0.25) is 0 Å². The topological polar surface area (TPSA) is 74.2 Å². The third-order valence-electron chi connectivity index (χ3n) is 4.87. The number of cyclic esters (lactones) is 1. The van der Waals surface area contributed by atoms with E-state index in [1.807, 2.05) is 50.2 Å². The predicted molar refractivity (Wildman–Crippen MR) is 121 cm³/mol. The van der Waals surface area contributed by atoms with Crippen molar-refractivity contribution in [2.24, 2.45) is 4.99 Å². The number of ether oxygens (including phenoxy) is 3. The van der Waals surface area contributed by atoms with Gasteiger partial charge in [0.25, 0.3) is 0 Å². The van der Waals surface area contributed by atoms with Gasteiger partial charge in [-0.25, -0.2) is 14.6 Å². The molecule has 6 nitrogen and oxygen atoms in total. The molecule has 6 heteroatoms. The monoisotopic (exact) mass is 427 g/mol. The second kappa shape index (κ2) is 8.89. The number of hydrogen-bond acceptors (Lipinski definition) is 6. The molecule has 1 aliphatic heterocycles. The maximum Gasteiger partial charge on any atom is 0.363 e. The second-order valence-electron chi connectivity index (χ2n) is 7.37. The zero-order valence-electron chi connectivity index (χ0n) is 17.9. The first kappa shape index (κ1) is 21.1. The molecular formula is C26H21NO5. The van der Waals surface area contributed by atoms with Gasteiger partial charge in [0.05, 0.1) is 12.7 Å². The summed E-state index contributed by atoms with van der Waals surface area (Å²) in [5.41, 5.74) is 4.09. The van der Waals surface area contributed by atoms with Gasteiger partial charge < -0.3 is 14.2 Å². The number of carbonyl (C=O) groups is 2. The van der Waals surface area contributed by atoms with E-state index in [9.17, 15) is 9.59 Å². The van der Waals surface area contributed by atoms with E-state index in [1.54, 1.807) is 36.4 Å². The van der Waals surface area contributed by atoms with Crippen LogP contribution in [0, 0.1) is 13.8 Å². The van der Waals surface area contributed by atoms with Crippen molar-refractivity contribution < 1.29 is 23.8 Å². The Bertz CT molecular complexity index is 1260. The molecule has 0 fully saturated rings. The number of benzene rings is 3. The van der Waals surface area contributed by atoms with E-state index in [-0.39, 0.29) is 17.3 Å². The number of aryl methyl sites for hydroxylation is 2. The highest BCUT2D eigenvalue weighted by Crippen LogP contribution is 2.30. The zero-order chi connectivity index (χ0) is 22.7. The van der Waals surface area contributed by atoms with Crippen LogP contribution in [-0.2, 0) is 9.53 Å². The Hall–Kier alpha value is -4.19. The van der Waals surface area contributed by atoms with E-state index in [0.29, 0.717) is 16.9 Å². The van der Waals surface area contributed by atoms with Crippen molar-refractivity contribution in [2.45, 2.75) is 13.8 Å². The maximum absolute atomic E-state index is 12.4. The first-order chi connectivity index (χ1) is 15.4. The molecule has 4 rings (SSSR count). The third-order valence-corrected chi connectivity index (χ3v) is 4.87. The Morgan fingerprint density at radius 3 is 2.44 bits per heavy atom. The number of rotatable bonds is 5. The number of hydrogen-bond donors (Lipinski definition) is 0. The first-order valence-corrected chi connectivity index (χ1v) is 9.99. The van der Waals surface area contributed by atoms with Crippen LogP contribution >= 0.6 is 0 Å². The van der Waals surface area contributed by atoms with Gasteiger partial charge in [-0.05, 0) is 61.9 Å². The van der Waals surface area contributed by atoms with Crippen molar-refractivity contribution in [1.82, 2.24) is 0 Å². The number of nitrogens with zero attached hydrogens (tertiary/aromatic N) is 1. The summed E-state index contributed by atoms with van der Waals surface area (Å²) >= 11 is 0. The van der Waals surface area contributed by atoms with E-state index in [2.05, 4.69) is 4.99 Å². The summed E-state index contributed by atoms with van der Waals surface area (Å²) in [4.78, 5) is 29.0. The number of aliphatic imine (C=N–C) groups is 1. The summed E-state index contributed by atoms with van der Waals surface area (Å²) in [7, 11) is 1.48. The molecule has 0 unspecified atom stereocenters. The van der Waals surface area contributed by atoms with Gasteiger partial charge in [0.15, 0.2) is 17.2 Å². The van der Waals surface area contributed by atoms with Gasteiger partial charge in [-0.2, -0.15) is 0 Å². The average molecular weight is 427 g/mol. The van der Waals surface area contributed by atoms with Gasteiger partial charge in [0.1, 0.15) is 0 Å². The lowest BCUT2D eigenvalue weighted by Crippen LogP contribution is -2.09. The van der Waals surface area contributed by atoms with E-state index in [1.165, 1.54) is 7.11 Å². The molecule has 0 saturated heterocycles. The zero-order valence-corrected chi connectivity index (χ0v) is 17.9. The molecule has 0 spiro atoms. The highest BCUT2D eigenvalue weighted by atomic mass is 16.6. The fourth-order valence-electron chi connectivity index (χ4n) is 3.18. The molecule has 0 N–H and O–H groups in total. The molecular weight excluding hydrogens is 406 g/mol. The smallest absolute Gasteiger partial charge is 0.363 e. The lowest BCUT2D eigenvalue weighted by Gasteiger charge is -2.10. The Morgan fingerprint density at radius 2 is 1.72 bits per heavy atom. The Kier molecular flexibility index (Phi) is 5.85. The van der Waals surface area contributed by atoms with E-state index < -0.39 is 11.9 Å². The molecule has 32 heavy (non-hydrogen) atoms. The lowest BCUT2D eigenvalue weighted by molar-refractivity contribution is -0.129. The van der Waals surface area contributed by atoms with Crippen LogP contribution in [0.15, 0.2) is 77.4 Å². The summed E-state index contributed by atoms with van der Waals surface area (Å²) in [5, 5.41) is 0. The lowest BCUT2D eigenvalue weighted by atomic mass is 10.1. The molecule has 0 atom stereocenters. The molecule has 0 bridgehead atoms. The minimum absolute atomic E-state index is 0.174. The summed E-state index contributed by atoms with van der Waals surface area (Å²) in [6, 6.07) is 19.7. The van der Waals surface area contributed by atoms with Crippen LogP contribution in [-0.4, -0.2) is 24.9 Å². The van der Waals surface area contributed by atoms with Gasteiger partial charge in [0.2, 0.25) is 5.90 Å². The van der Waals surface area contributed by atoms with Crippen molar-refractivity contribution in [3.05, 3.63) is 100 Å². The molecule has 0 aliphatic carbocycles. The van der Waals surface area contributed by atoms with Crippen LogP contribution in [0.5, 0.6) is 11.5 Å². The molecule has 3 aromatic rings. The number of methoxy groups -OCH3 is 1. The fourth-order valence-corrected chi connectivity index (χ4v) is 3.18.